The quantitative estimate of drug-likeness (QED) is 0.890. The van der Waals surface area contributed by atoms with Crippen molar-refractivity contribution in [1.82, 2.24) is 15.2 Å². The largest absolute Gasteiger partial charge is 0.485 e. The lowest BCUT2D eigenvalue weighted by molar-refractivity contribution is -0.137. The molecule has 0 bridgehead atoms. The Hall–Kier alpha value is -2.89. The molecule has 0 radical (unpaired) electrons. The van der Waals surface area contributed by atoms with Crippen LogP contribution in [0.1, 0.15) is 41.6 Å². The molecule has 28 heavy (non-hydrogen) atoms. The van der Waals surface area contributed by atoms with Gasteiger partial charge >= 0.3 is 0 Å². The van der Waals surface area contributed by atoms with Crippen molar-refractivity contribution in [3.63, 3.8) is 0 Å². The molecule has 0 saturated heterocycles. The van der Waals surface area contributed by atoms with Crippen LogP contribution in [0.4, 0.5) is 0 Å². The van der Waals surface area contributed by atoms with E-state index in [0.29, 0.717) is 24.4 Å². The van der Waals surface area contributed by atoms with E-state index in [1.807, 2.05) is 37.4 Å². The molecule has 1 spiro atoms. The molecule has 1 fully saturated rings. The average molecular weight is 379 g/mol. The maximum absolute atomic E-state index is 12.9. The average Bonchev–Trinajstić information content (AvgIpc) is 2.86. The van der Waals surface area contributed by atoms with Gasteiger partial charge in [-0.15, -0.1) is 0 Å². The van der Waals surface area contributed by atoms with Crippen LogP contribution >= 0.6 is 0 Å². The summed E-state index contributed by atoms with van der Waals surface area (Å²) in [7, 11) is 1.85. The third kappa shape index (κ3) is 3.72. The van der Waals surface area contributed by atoms with Crippen LogP contribution in [0.3, 0.4) is 0 Å². The number of nitrogens with zero attached hydrogens (tertiary/aromatic N) is 2. The van der Waals surface area contributed by atoms with E-state index in [1.165, 1.54) is 0 Å². The summed E-state index contributed by atoms with van der Waals surface area (Å²) < 4.78 is 6.32. The molecule has 0 unspecified atom stereocenters. The zero-order valence-corrected chi connectivity index (χ0v) is 16.1. The van der Waals surface area contributed by atoms with Crippen molar-refractivity contribution in [3.8, 4) is 5.75 Å². The number of nitrogens with one attached hydrogen (secondary N) is 1. The van der Waals surface area contributed by atoms with Gasteiger partial charge in [-0.25, -0.2) is 0 Å². The van der Waals surface area contributed by atoms with Crippen molar-refractivity contribution in [1.29, 1.82) is 0 Å². The summed E-state index contributed by atoms with van der Waals surface area (Å²) in [6, 6.07) is 11.2. The molecule has 1 aliphatic carbocycles. The van der Waals surface area contributed by atoms with Crippen LogP contribution in [0, 0.1) is 5.92 Å². The second-order valence-corrected chi connectivity index (χ2v) is 7.79. The van der Waals surface area contributed by atoms with Gasteiger partial charge in [0.1, 0.15) is 11.4 Å². The Morgan fingerprint density at radius 2 is 1.93 bits per heavy atom. The molecule has 1 aromatic carbocycles. The van der Waals surface area contributed by atoms with Gasteiger partial charge in [0.25, 0.3) is 5.91 Å². The van der Waals surface area contributed by atoms with E-state index in [9.17, 15) is 9.59 Å². The Bertz CT molecular complexity index is 860. The standard InChI is InChI=1S/C22H25N3O3/c1-25(14-16-8-12-23-13-9-16)21(27)17-6-10-22(11-7-17)15-24-20(26)18-4-2-3-5-19(18)28-22/h2-5,8-9,12-13,17H,6-7,10-11,14-15H2,1H3,(H,24,26). The number of carbonyl (C=O) groups is 2. The fourth-order valence-corrected chi connectivity index (χ4v) is 4.17. The van der Waals surface area contributed by atoms with Gasteiger partial charge in [0.15, 0.2) is 0 Å². The molecule has 2 aromatic rings. The predicted molar refractivity (Wildman–Crippen MR) is 105 cm³/mol. The topological polar surface area (TPSA) is 71.5 Å². The van der Waals surface area contributed by atoms with Crippen LogP contribution in [0.2, 0.25) is 0 Å². The van der Waals surface area contributed by atoms with Crippen LogP contribution in [0.15, 0.2) is 48.8 Å². The molecule has 2 aliphatic rings. The lowest BCUT2D eigenvalue weighted by Gasteiger charge is -2.39. The molecule has 1 aromatic heterocycles. The number of hydrogen-bond acceptors (Lipinski definition) is 4. The van der Waals surface area contributed by atoms with Crippen LogP contribution < -0.4 is 10.1 Å². The highest BCUT2D eigenvalue weighted by atomic mass is 16.5. The van der Waals surface area contributed by atoms with Gasteiger partial charge in [-0.2, -0.15) is 0 Å². The van der Waals surface area contributed by atoms with E-state index < -0.39 is 5.60 Å². The first-order valence-electron chi connectivity index (χ1n) is 9.76. The maximum atomic E-state index is 12.9. The SMILES string of the molecule is CN(Cc1ccncc1)C(=O)C1CCC2(CC1)CNC(=O)c1ccccc1O2. The maximum Gasteiger partial charge on any atom is 0.255 e. The zero-order chi connectivity index (χ0) is 19.6. The van der Waals surface area contributed by atoms with Crippen molar-refractivity contribution >= 4 is 11.8 Å². The second-order valence-electron chi connectivity index (χ2n) is 7.79. The van der Waals surface area contributed by atoms with Gasteiger partial charge in [-0.05, 0) is 55.5 Å². The van der Waals surface area contributed by atoms with Crippen molar-refractivity contribution in [3.05, 3.63) is 59.9 Å². The highest BCUT2D eigenvalue weighted by Crippen LogP contribution is 2.38. The number of para-hydroxylation sites is 1. The Morgan fingerprint density at radius 3 is 2.68 bits per heavy atom. The number of fused-ring (bicyclic) bond motifs is 1. The summed E-state index contributed by atoms with van der Waals surface area (Å²) in [4.78, 5) is 31.0. The Labute approximate surface area is 164 Å². The van der Waals surface area contributed by atoms with E-state index in [1.54, 1.807) is 23.4 Å². The van der Waals surface area contributed by atoms with Gasteiger partial charge in [0.2, 0.25) is 5.91 Å². The third-order valence-corrected chi connectivity index (χ3v) is 5.82. The normalized spacial score (nSPS) is 23.9. The number of pyridine rings is 1. The molecule has 6 nitrogen and oxygen atoms in total. The zero-order valence-electron chi connectivity index (χ0n) is 16.1. The van der Waals surface area contributed by atoms with Gasteiger partial charge < -0.3 is 15.0 Å². The van der Waals surface area contributed by atoms with Crippen LogP contribution in [-0.4, -0.2) is 40.9 Å². The lowest BCUT2D eigenvalue weighted by Crippen LogP contribution is -2.49. The van der Waals surface area contributed by atoms with E-state index in [4.69, 9.17) is 4.74 Å². The van der Waals surface area contributed by atoms with Crippen molar-refractivity contribution in [2.75, 3.05) is 13.6 Å². The number of hydrogen-bond donors (Lipinski definition) is 1. The van der Waals surface area contributed by atoms with Crippen molar-refractivity contribution in [2.24, 2.45) is 5.92 Å². The first kappa shape index (κ1) is 18.5. The summed E-state index contributed by atoms with van der Waals surface area (Å²) in [5.41, 5.74) is 1.22. The van der Waals surface area contributed by atoms with E-state index >= 15 is 0 Å². The summed E-state index contributed by atoms with van der Waals surface area (Å²) >= 11 is 0. The van der Waals surface area contributed by atoms with Gasteiger partial charge in [0.05, 0.1) is 12.1 Å². The van der Waals surface area contributed by atoms with Crippen molar-refractivity contribution < 1.29 is 14.3 Å². The monoisotopic (exact) mass is 379 g/mol. The minimum atomic E-state index is -0.428. The number of ether oxygens (including phenoxy) is 1. The Morgan fingerprint density at radius 1 is 1.21 bits per heavy atom. The van der Waals surface area contributed by atoms with E-state index in [-0.39, 0.29) is 17.7 Å². The fourth-order valence-electron chi connectivity index (χ4n) is 4.17. The smallest absolute Gasteiger partial charge is 0.255 e. The molecule has 4 rings (SSSR count). The molecule has 0 atom stereocenters. The summed E-state index contributed by atoms with van der Waals surface area (Å²) in [5, 5.41) is 3.00. The number of carbonyl (C=O) groups excluding carboxylic acids is 2. The molecule has 1 aliphatic heterocycles. The predicted octanol–water partition coefficient (Wildman–Crippen LogP) is 2.79. The van der Waals surface area contributed by atoms with Gasteiger partial charge in [0, 0.05) is 31.9 Å². The minimum Gasteiger partial charge on any atom is -0.485 e. The first-order valence-corrected chi connectivity index (χ1v) is 9.76. The molecule has 1 N–H and O–H groups in total. The number of amides is 2. The lowest BCUT2D eigenvalue weighted by atomic mass is 9.78. The Kier molecular flexibility index (Phi) is 5.03. The molecule has 2 heterocycles. The van der Waals surface area contributed by atoms with Gasteiger partial charge in [-0.3, -0.25) is 14.6 Å². The number of benzene rings is 1. The van der Waals surface area contributed by atoms with Gasteiger partial charge in [-0.1, -0.05) is 12.1 Å². The molecule has 6 heteroatoms. The summed E-state index contributed by atoms with van der Waals surface area (Å²) in [6.45, 7) is 1.07. The Balaban J connectivity index is 1.40. The highest BCUT2D eigenvalue weighted by Gasteiger charge is 2.42. The fraction of sp³-hybridized carbons (Fsp3) is 0.409. The molecular formula is C22H25N3O3. The van der Waals surface area contributed by atoms with E-state index in [2.05, 4.69) is 10.3 Å². The van der Waals surface area contributed by atoms with Crippen LogP contribution in [-0.2, 0) is 11.3 Å². The minimum absolute atomic E-state index is 0.00439. The number of rotatable bonds is 3. The highest BCUT2D eigenvalue weighted by molar-refractivity contribution is 5.97. The molecule has 2 amide bonds. The number of aromatic nitrogens is 1. The third-order valence-electron chi connectivity index (χ3n) is 5.82. The van der Waals surface area contributed by atoms with E-state index in [0.717, 1.165) is 31.2 Å². The summed E-state index contributed by atoms with van der Waals surface area (Å²) in [6.07, 6.45) is 6.51. The summed E-state index contributed by atoms with van der Waals surface area (Å²) in [5.74, 6) is 0.708. The van der Waals surface area contributed by atoms with Crippen LogP contribution in [0.25, 0.3) is 0 Å². The van der Waals surface area contributed by atoms with Crippen molar-refractivity contribution in [2.45, 2.75) is 37.8 Å². The first-order chi connectivity index (χ1) is 13.6. The van der Waals surface area contributed by atoms with Crippen LogP contribution in [0.5, 0.6) is 5.75 Å². The molecule has 1 saturated carbocycles. The molecular weight excluding hydrogens is 354 g/mol. The second kappa shape index (κ2) is 7.62. The molecule has 146 valence electrons.